The van der Waals surface area contributed by atoms with Crippen LogP contribution in [0.5, 0.6) is 5.75 Å². The third kappa shape index (κ3) is 3.49. The van der Waals surface area contributed by atoms with E-state index in [1.807, 2.05) is 45.0 Å². The zero-order valence-corrected chi connectivity index (χ0v) is 11.8. The van der Waals surface area contributed by atoms with E-state index in [-0.39, 0.29) is 5.91 Å². The molecule has 0 aliphatic rings. The number of hydrogen-bond donors (Lipinski definition) is 0. The smallest absolute Gasteiger partial charge is 0.263 e. The van der Waals surface area contributed by atoms with E-state index < -0.39 is 6.10 Å². The number of ether oxygens (including phenoxy) is 1. The van der Waals surface area contributed by atoms with E-state index in [1.54, 1.807) is 4.90 Å². The topological polar surface area (TPSA) is 29.5 Å². The summed E-state index contributed by atoms with van der Waals surface area (Å²) < 4.78 is 5.79. The molecule has 0 radical (unpaired) electrons. The minimum atomic E-state index is -0.433. The van der Waals surface area contributed by atoms with Crippen LogP contribution in [0, 0.1) is 0 Å². The van der Waals surface area contributed by atoms with Crippen LogP contribution in [-0.2, 0) is 11.2 Å². The fraction of sp³-hybridized carbons (Fsp3) is 0.533. The zero-order chi connectivity index (χ0) is 13.5. The van der Waals surface area contributed by atoms with Crippen LogP contribution in [0.4, 0.5) is 0 Å². The van der Waals surface area contributed by atoms with Gasteiger partial charge in [-0.05, 0) is 38.8 Å². The summed E-state index contributed by atoms with van der Waals surface area (Å²) in [6, 6.07) is 7.88. The Morgan fingerprint density at radius 2 is 1.83 bits per heavy atom. The highest BCUT2D eigenvalue weighted by Gasteiger charge is 2.20. The van der Waals surface area contributed by atoms with Crippen LogP contribution in [0.25, 0.3) is 0 Å². The van der Waals surface area contributed by atoms with Crippen LogP contribution in [0.3, 0.4) is 0 Å². The van der Waals surface area contributed by atoms with Gasteiger partial charge in [0.25, 0.3) is 5.91 Å². The van der Waals surface area contributed by atoms with Crippen molar-refractivity contribution in [3.05, 3.63) is 29.8 Å². The lowest BCUT2D eigenvalue weighted by Gasteiger charge is -2.24. The average Bonchev–Trinajstić information content (AvgIpc) is 2.40. The maximum Gasteiger partial charge on any atom is 0.263 e. The van der Waals surface area contributed by atoms with Crippen molar-refractivity contribution in [2.45, 2.75) is 40.2 Å². The van der Waals surface area contributed by atoms with Crippen molar-refractivity contribution >= 4 is 5.91 Å². The summed E-state index contributed by atoms with van der Waals surface area (Å²) in [5.74, 6) is 0.860. The third-order valence-electron chi connectivity index (χ3n) is 3.08. The van der Waals surface area contributed by atoms with Gasteiger partial charge >= 0.3 is 0 Å². The molecule has 0 aromatic heterocycles. The average molecular weight is 249 g/mol. The molecule has 0 spiro atoms. The van der Waals surface area contributed by atoms with Crippen molar-refractivity contribution in [3.63, 3.8) is 0 Å². The number of para-hydroxylation sites is 1. The Bertz CT molecular complexity index is 386. The molecule has 3 nitrogen and oxygen atoms in total. The Morgan fingerprint density at radius 3 is 2.39 bits per heavy atom. The van der Waals surface area contributed by atoms with E-state index in [2.05, 4.69) is 6.92 Å². The van der Waals surface area contributed by atoms with Gasteiger partial charge in [-0.2, -0.15) is 0 Å². The van der Waals surface area contributed by atoms with Crippen molar-refractivity contribution < 1.29 is 9.53 Å². The monoisotopic (exact) mass is 249 g/mol. The molecule has 3 heteroatoms. The van der Waals surface area contributed by atoms with Gasteiger partial charge in [0, 0.05) is 13.1 Å². The minimum absolute atomic E-state index is 0.0471. The summed E-state index contributed by atoms with van der Waals surface area (Å²) >= 11 is 0. The van der Waals surface area contributed by atoms with Crippen molar-refractivity contribution in [2.75, 3.05) is 13.1 Å². The number of carbonyl (C=O) groups is 1. The largest absolute Gasteiger partial charge is 0.481 e. The molecule has 0 saturated heterocycles. The van der Waals surface area contributed by atoms with Crippen molar-refractivity contribution in [1.29, 1.82) is 0 Å². The van der Waals surface area contributed by atoms with E-state index in [4.69, 9.17) is 4.74 Å². The van der Waals surface area contributed by atoms with E-state index in [9.17, 15) is 4.79 Å². The van der Waals surface area contributed by atoms with Crippen LogP contribution in [-0.4, -0.2) is 30.0 Å². The maximum atomic E-state index is 12.1. The summed E-state index contributed by atoms with van der Waals surface area (Å²) in [4.78, 5) is 13.9. The molecule has 0 fully saturated rings. The van der Waals surface area contributed by atoms with Crippen LogP contribution >= 0.6 is 0 Å². The van der Waals surface area contributed by atoms with Crippen molar-refractivity contribution in [1.82, 2.24) is 4.90 Å². The van der Waals surface area contributed by atoms with E-state index in [0.29, 0.717) is 0 Å². The molecule has 18 heavy (non-hydrogen) atoms. The Kier molecular flexibility index (Phi) is 5.69. The molecule has 0 heterocycles. The molecule has 0 bridgehead atoms. The Hall–Kier alpha value is -1.51. The molecule has 1 atom stereocenters. The first-order valence-electron chi connectivity index (χ1n) is 6.67. The Labute approximate surface area is 110 Å². The molecule has 100 valence electrons. The number of rotatable bonds is 6. The molecule has 0 unspecified atom stereocenters. The van der Waals surface area contributed by atoms with Crippen molar-refractivity contribution in [3.8, 4) is 5.75 Å². The minimum Gasteiger partial charge on any atom is -0.481 e. The maximum absolute atomic E-state index is 12.1. The predicted molar refractivity (Wildman–Crippen MR) is 73.8 cm³/mol. The molecule has 0 saturated carbocycles. The number of aryl methyl sites for hydroxylation is 1. The third-order valence-corrected chi connectivity index (χ3v) is 3.08. The second-order valence-corrected chi connectivity index (χ2v) is 4.23. The van der Waals surface area contributed by atoms with Gasteiger partial charge < -0.3 is 9.64 Å². The summed E-state index contributed by atoms with van der Waals surface area (Å²) in [5.41, 5.74) is 1.14. The SMILES string of the molecule is CCc1ccccc1O[C@H](C)C(=O)N(CC)CC. The fourth-order valence-corrected chi connectivity index (χ4v) is 1.94. The van der Waals surface area contributed by atoms with Gasteiger partial charge in [0.1, 0.15) is 5.75 Å². The fourth-order valence-electron chi connectivity index (χ4n) is 1.94. The Balaban J connectivity index is 2.74. The molecular formula is C15H23NO2. The molecule has 1 amide bonds. The summed E-state index contributed by atoms with van der Waals surface area (Å²) in [6.45, 7) is 9.30. The highest BCUT2D eigenvalue weighted by atomic mass is 16.5. The van der Waals surface area contributed by atoms with Gasteiger partial charge in [-0.25, -0.2) is 0 Å². The van der Waals surface area contributed by atoms with Crippen LogP contribution in [0.2, 0.25) is 0 Å². The summed E-state index contributed by atoms with van der Waals surface area (Å²) in [6.07, 6.45) is 0.472. The lowest BCUT2D eigenvalue weighted by molar-refractivity contribution is -0.137. The van der Waals surface area contributed by atoms with Gasteiger partial charge in [-0.3, -0.25) is 4.79 Å². The second kappa shape index (κ2) is 7.04. The highest BCUT2D eigenvalue weighted by Crippen LogP contribution is 2.20. The van der Waals surface area contributed by atoms with Crippen LogP contribution in [0.15, 0.2) is 24.3 Å². The van der Waals surface area contributed by atoms with E-state index in [0.717, 1.165) is 30.8 Å². The second-order valence-electron chi connectivity index (χ2n) is 4.23. The number of hydrogen-bond acceptors (Lipinski definition) is 2. The van der Waals surface area contributed by atoms with Crippen LogP contribution in [0.1, 0.15) is 33.3 Å². The zero-order valence-electron chi connectivity index (χ0n) is 11.8. The molecule has 0 aliphatic heterocycles. The lowest BCUT2D eigenvalue weighted by atomic mass is 10.1. The van der Waals surface area contributed by atoms with Gasteiger partial charge in [-0.1, -0.05) is 25.1 Å². The number of benzene rings is 1. The van der Waals surface area contributed by atoms with E-state index in [1.165, 1.54) is 0 Å². The Morgan fingerprint density at radius 1 is 1.22 bits per heavy atom. The molecular weight excluding hydrogens is 226 g/mol. The van der Waals surface area contributed by atoms with E-state index >= 15 is 0 Å². The van der Waals surface area contributed by atoms with Gasteiger partial charge in [0.05, 0.1) is 0 Å². The lowest BCUT2D eigenvalue weighted by Crippen LogP contribution is -2.40. The predicted octanol–water partition coefficient (Wildman–Crippen LogP) is 2.88. The normalized spacial score (nSPS) is 12.0. The molecule has 1 rings (SSSR count). The van der Waals surface area contributed by atoms with Gasteiger partial charge in [0.15, 0.2) is 6.10 Å². The van der Waals surface area contributed by atoms with Crippen molar-refractivity contribution in [2.24, 2.45) is 0 Å². The molecule has 1 aromatic carbocycles. The standard InChI is InChI=1S/C15H23NO2/c1-5-13-10-8-9-11-14(13)18-12(4)15(17)16(6-2)7-3/h8-12H,5-7H2,1-4H3/t12-/m1/s1. The number of likely N-dealkylation sites (N-methyl/N-ethyl adjacent to an activating group) is 1. The summed E-state index contributed by atoms with van der Waals surface area (Å²) in [5, 5.41) is 0. The number of carbonyl (C=O) groups excluding carboxylic acids is 1. The number of nitrogens with zero attached hydrogens (tertiary/aromatic N) is 1. The highest BCUT2D eigenvalue weighted by molar-refractivity contribution is 5.80. The first-order chi connectivity index (χ1) is 8.63. The van der Waals surface area contributed by atoms with Gasteiger partial charge in [-0.15, -0.1) is 0 Å². The number of amides is 1. The molecule has 0 N–H and O–H groups in total. The van der Waals surface area contributed by atoms with Crippen LogP contribution < -0.4 is 4.74 Å². The van der Waals surface area contributed by atoms with Gasteiger partial charge in [0.2, 0.25) is 0 Å². The first-order valence-corrected chi connectivity index (χ1v) is 6.67. The summed E-state index contributed by atoms with van der Waals surface area (Å²) in [7, 11) is 0. The molecule has 0 aliphatic carbocycles. The first kappa shape index (κ1) is 14.6. The molecule has 1 aromatic rings. The quantitative estimate of drug-likeness (QED) is 0.776.